The molecular formula is C21H24FN3O3S. The van der Waals surface area contributed by atoms with Crippen molar-refractivity contribution in [1.29, 1.82) is 0 Å². The second-order valence-corrected chi connectivity index (χ2v) is 8.27. The quantitative estimate of drug-likeness (QED) is 0.774. The maximum absolute atomic E-state index is 13.1. The predicted octanol–water partition coefficient (Wildman–Crippen LogP) is 3.46. The number of fused-ring (bicyclic) bond motifs is 1. The highest BCUT2D eigenvalue weighted by Crippen LogP contribution is 2.26. The number of nitrogens with zero attached hydrogens (tertiary/aromatic N) is 3. The molecule has 1 aliphatic carbocycles. The van der Waals surface area contributed by atoms with Gasteiger partial charge in [0.15, 0.2) is 10.5 Å². The van der Waals surface area contributed by atoms with Crippen LogP contribution < -0.4 is 5.56 Å². The van der Waals surface area contributed by atoms with E-state index in [1.807, 2.05) is 0 Å². The molecule has 154 valence electrons. The molecular weight excluding hydrogens is 393 g/mol. The van der Waals surface area contributed by atoms with Gasteiger partial charge in [-0.2, -0.15) is 0 Å². The molecule has 0 unspecified atom stereocenters. The van der Waals surface area contributed by atoms with Crippen molar-refractivity contribution in [2.24, 2.45) is 5.92 Å². The molecule has 0 saturated heterocycles. The number of aromatic nitrogens is 2. The van der Waals surface area contributed by atoms with E-state index in [2.05, 4.69) is 0 Å². The Labute approximate surface area is 173 Å². The zero-order valence-electron chi connectivity index (χ0n) is 16.1. The molecule has 4 rings (SSSR count). The lowest BCUT2D eigenvalue weighted by Crippen LogP contribution is -2.43. The lowest BCUT2D eigenvalue weighted by atomic mass is 9.89. The molecule has 1 fully saturated rings. The van der Waals surface area contributed by atoms with Crippen molar-refractivity contribution < 1.29 is 14.3 Å². The van der Waals surface area contributed by atoms with Crippen LogP contribution in [0.1, 0.15) is 48.2 Å². The summed E-state index contributed by atoms with van der Waals surface area (Å²) in [7, 11) is 0. The molecule has 29 heavy (non-hydrogen) atoms. The van der Waals surface area contributed by atoms with E-state index in [1.165, 1.54) is 23.1 Å². The molecule has 0 radical (unpaired) electrons. The van der Waals surface area contributed by atoms with E-state index >= 15 is 0 Å². The van der Waals surface area contributed by atoms with E-state index in [-0.39, 0.29) is 18.1 Å². The monoisotopic (exact) mass is 417 g/mol. The second kappa shape index (κ2) is 8.10. The first-order valence-corrected chi connectivity index (χ1v) is 10.5. The Balaban J connectivity index is 1.64. The van der Waals surface area contributed by atoms with E-state index in [1.54, 1.807) is 21.6 Å². The minimum Gasteiger partial charge on any atom is -0.501 e. The topological polar surface area (TPSA) is 67.5 Å². The van der Waals surface area contributed by atoms with Crippen LogP contribution in [0, 0.1) is 16.5 Å². The van der Waals surface area contributed by atoms with E-state index in [4.69, 9.17) is 12.2 Å². The van der Waals surface area contributed by atoms with Gasteiger partial charge < -0.3 is 14.6 Å². The zero-order valence-corrected chi connectivity index (χ0v) is 17.0. The first-order valence-electron chi connectivity index (χ1n) is 10.1. The summed E-state index contributed by atoms with van der Waals surface area (Å²) in [6.45, 7) is 1.56. The molecule has 1 aromatic carbocycles. The summed E-state index contributed by atoms with van der Waals surface area (Å²) in [4.78, 5) is 27.3. The molecule has 8 heteroatoms. The van der Waals surface area contributed by atoms with Crippen molar-refractivity contribution >= 4 is 18.1 Å². The Bertz CT molecular complexity index is 1040. The summed E-state index contributed by atoms with van der Waals surface area (Å²) < 4.78 is 16.4. The number of aromatic hydroxyl groups is 1. The predicted molar refractivity (Wildman–Crippen MR) is 109 cm³/mol. The number of halogens is 1. The van der Waals surface area contributed by atoms with Crippen LogP contribution in [0.2, 0.25) is 0 Å². The Morgan fingerprint density at radius 1 is 1.07 bits per heavy atom. The van der Waals surface area contributed by atoms with Crippen LogP contribution in [0.15, 0.2) is 29.1 Å². The first kappa shape index (κ1) is 19.8. The average Bonchev–Trinajstić information content (AvgIpc) is 2.73. The molecule has 2 aromatic rings. The maximum Gasteiger partial charge on any atom is 0.297 e. The molecule has 1 amide bonds. The number of hydrogen-bond donors (Lipinski definition) is 1. The van der Waals surface area contributed by atoms with Crippen LogP contribution in [-0.4, -0.2) is 31.6 Å². The largest absolute Gasteiger partial charge is 0.501 e. The van der Waals surface area contributed by atoms with E-state index in [9.17, 15) is 19.1 Å². The summed E-state index contributed by atoms with van der Waals surface area (Å²) in [5.74, 6) is -0.948. The van der Waals surface area contributed by atoms with Crippen molar-refractivity contribution in [3.8, 4) is 5.75 Å². The third kappa shape index (κ3) is 3.85. The Kier molecular flexibility index (Phi) is 5.54. The summed E-state index contributed by atoms with van der Waals surface area (Å²) in [6, 6.07) is 5.92. The van der Waals surface area contributed by atoms with E-state index in [0.717, 1.165) is 31.2 Å². The van der Waals surface area contributed by atoms with Gasteiger partial charge in [0.1, 0.15) is 5.82 Å². The van der Waals surface area contributed by atoms with Gasteiger partial charge in [-0.3, -0.25) is 14.2 Å². The molecule has 6 nitrogen and oxygen atoms in total. The summed E-state index contributed by atoms with van der Waals surface area (Å²) >= 11 is 5.53. The fraction of sp³-hybridized carbons (Fsp3) is 0.476. The van der Waals surface area contributed by atoms with Crippen molar-refractivity contribution in [3.05, 3.63) is 56.5 Å². The van der Waals surface area contributed by atoms with Gasteiger partial charge in [0, 0.05) is 26.2 Å². The molecule has 1 N–H and O–H groups in total. The normalized spacial score (nSPS) is 17.4. The minimum absolute atomic E-state index is 0.0479. The fourth-order valence-electron chi connectivity index (χ4n) is 4.33. The number of carbonyl (C=O) groups is 1. The zero-order chi connectivity index (χ0) is 20.5. The van der Waals surface area contributed by atoms with Gasteiger partial charge in [0.05, 0.1) is 0 Å². The van der Waals surface area contributed by atoms with Gasteiger partial charge in [-0.05, 0) is 48.7 Å². The molecule has 2 heterocycles. The summed E-state index contributed by atoms with van der Waals surface area (Å²) in [5, 5.41) is 10.6. The van der Waals surface area contributed by atoms with Gasteiger partial charge in [0.2, 0.25) is 5.75 Å². The molecule has 1 aliphatic heterocycles. The van der Waals surface area contributed by atoms with Crippen LogP contribution in [0.3, 0.4) is 0 Å². The summed E-state index contributed by atoms with van der Waals surface area (Å²) in [5.41, 5.74) is 0.133. The minimum atomic E-state index is -0.594. The lowest BCUT2D eigenvalue weighted by molar-refractivity contribution is 0.0678. The molecule has 0 bridgehead atoms. The third-order valence-corrected chi connectivity index (χ3v) is 6.38. The number of hydrogen-bond acceptors (Lipinski definition) is 4. The second-order valence-electron chi connectivity index (χ2n) is 7.90. The molecule has 1 aromatic heterocycles. The van der Waals surface area contributed by atoms with Crippen LogP contribution in [0.4, 0.5) is 4.39 Å². The van der Waals surface area contributed by atoms with Gasteiger partial charge >= 0.3 is 0 Å². The van der Waals surface area contributed by atoms with Gasteiger partial charge in [-0.1, -0.05) is 31.4 Å². The number of carbonyl (C=O) groups excluding carboxylic acids is 1. The van der Waals surface area contributed by atoms with Gasteiger partial charge in [-0.25, -0.2) is 4.39 Å². The van der Waals surface area contributed by atoms with Crippen molar-refractivity contribution in [2.75, 3.05) is 6.54 Å². The Morgan fingerprint density at radius 2 is 1.76 bits per heavy atom. The highest BCUT2D eigenvalue weighted by atomic mass is 32.1. The molecule has 0 spiro atoms. The van der Waals surface area contributed by atoms with E-state index < -0.39 is 17.2 Å². The maximum atomic E-state index is 13.1. The van der Waals surface area contributed by atoms with Gasteiger partial charge in [0.25, 0.3) is 11.5 Å². The van der Waals surface area contributed by atoms with Crippen LogP contribution in [0.5, 0.6) is 5.75 Å². The molecule has 1 saturated carbocycles. The van der Waals surface area contributed by atoms with E-state index in [0.29, 0.717) is 30.3 Å². The fourth-order valence-corrected chi connectivity index (χ4v) is 4.67. The van der Waals surface area contributed by atoms with Crippen LogP contribution in [0.25, 0.3) is 0 Å². The van der Waals surface area contributed by atoms with Crippen molar-refractivity contribution in [3.63, 3.8) is 0 Å². The highest BCUT2D eigenvalue weighted by Gasteiger charge is 2.31. The van der Waals surface area contributed by atoms with Crippen LogP contribution >= 0.6 is 12.2 Å². The van der Waals surface area contributed by atoms with Gasteiger partial charge in [-0.15, -0.1) is 0 Å². The Hall–Kier alpha value is -2.48. The molecule has 2 aliphatic rings. The van der Waals surface area contributed by atoms with Crippen molar-refractivity contribution in [2.45, 2.75) is 51.7 Å². The first-order chi connectivity index (χ1) is 14.0. The smallest absolute Gasteiger partial charge is 0.297 e. The number of amides is 1. The SMILES string of the molecule is O=C1c2c(O)c(=O)n(CC3CCCCC3)c(=S)n2CCN1Cc1ccc(F)cc1. The lowest BCUT2D eigenvalue weighted by Gasteiger charge is -2.31. The number of rotatable bonds is 4. The standard InChI is InChI=1S/C21H24FN3O3S/c22-16-8-6-15(7-9-16)12-23-10-11-24-17(19(23)27)18(26)20(28)25(21(24)29)13-14-4-2-1-3-5-14/h6-9,14,26H,1-5,10-13H2. The average molecular weight is 418 g/mol. The third-order valence-electron chi connectivity index (χ3n) is 5.94. The summed E-state index contributed by atoms with van der Waals surface area (Å²) in [6.07, 6.45) is 5.61. The highest BCUT2D eigenvalue weighted by molar-refractivity contribution is 7.71. The van der Waals surface area contributed by atoms with Crippen molar-refractivity contribution in [1.82, 2.24) is 14.0 Å². The number of benzene rings is 1. The molecule has 0 atom stereocenters. The van der Waals surface area contributed by atoms with Crippen LogP contribution in [-0.2, 0) is 19.6 Å². The Morgan fingerprint density at radius 3 is 2.45 bits per heavy atom.